The predicted octanol–water partition coefficient (Wildman–Crippen LogP) is 5.57. The van der Waals surface area contributed by atoms with Crippen molar-refractivity contribution in [2.75, 3.05) is 0 Å². The Morgan fingerprint density at radius 3 is 2.55 bits per heavy atom. The van der Waals surface area contributed by atoms with Crippen LogP contribution in [0.15, 0.2) is 36.4 Å². The summed E-state index contributed by atoms with van der Waals surface area (Å²) in [6.07, 6.45) is 0. The Morgan fingerprint density at radius 1 is 0.950 bits per heavy atom. The molecule has 1 heterocycles. The lowest BCUT2D eigenvalue weighted by molar-refractivity contribution is 1.21. The molecule has 3 aromatic rings. The Balaban J connectivity index is 2.32. The van der Waals surface area contributed by atoms with Crippen LogP contribution in [-0.4, -0.2) is 9.97 Å². The molecule has 0 fully saturated rings. The van der Waals surface area contributed by atoms with Gasteiger partial charge in [-0.2, -0.15) is 0 Å². The predicted molar refractivity (Wildman–Crippen MR) is 84.7 cm³/mol. The average molecular weight is 324 g/mol. The number of fused-ring (bicyclic) bond motifs is 1. The first-order chi connectivity index (χ1) is 9.56. The number of para-hydroxylation sites is 1. The zero-order chi connectivity index (χ0) is 14.3. The molecular weight excluding hydrogens is 315 g/mol. The maximum absolute atomic E-state index is 6.23. The van der Waals surface area contributed by atoms with Crippen LogP contribution in [0.3, 0.4) is 0 Å². The lowest BCUT2D eigenvalue weighted by Gasteiger charge is -2.08. The Bertz CT molecular complexity index is 816. The van der Waals surface area contributed by atoms with Gasteiger partial charge in [-0.1, -0.05) is 46.9 Å². The smallest absolute Gasteiger partial charge is 0.161 e. The zero-order valence-electron chi connectivity index (χ0n) is 10.5. The maximum atomic E-state index is 6.23. The van der Waals surface area contributed by atoms with E-state index in [2.05, 4.69) is 9.97 Å². The minimum absolute atomic E-state index is 0.381. The van der Waals surface area contributed by atoms with Crippen LogP contribution in [-0.2, 0) is 0 Å². The fourth-order valence-electron chi connectivity index (χ4n) is 2.04. The van der Waals surface area contributed by atoms with Gasteiger partial charge in [-0.15, -0.1) is 0 Å². The van der Waals surface area contributed by atoms with E-state index >= 15 is 0 Å². The molecule has 0 N–H and O–H groups in total. The van der Waals surface area contributed by atoms with E-state index in [1.54, 1.807) is 6.07 Å². The Labute approximate surface area is 131 Å². The molecule has 3 rings (SSSR count). The minimum Gasteiger partial charge on any atom is -0.226 e. The molecule has 20 heavy (non-hydrogen) atoms. The van der Waals surface area contributed by atoms with Gasteiger partial charge in [0.2, 0.25) is 0 Å². The molecule has 0 aliphatic carbocycles. The number of rotatable bonds is 1. The van der Waals surface area contributed by atoms with Crippen molar-refractivity contribution in [3.8, 4) is 11.4 Å². The topological polar surface area (TPSA) is 25.8 Å². The fourth-order valence-corrected chi connectivity index (χ4v) is 2.66. The molecule has 2 nitrogen and oxygen atoms in total. The molecular formula is C15H9Cl3N2. The number of benzene rings is 2. The standard InChI is InChI=1S/C15H9Cl3N2/c1-8-5-6-9(16)7-11(8)15-19-13-10(14(18)20-15)3-2-4-12(13)17/h2-7H,1H3. The summed E-state index contributed by atoms with van der Waals surface area (Å²) in [6, 6.07) is 11.0. The SMILES string of the molecule is Cc1ccc(Cl)cc1-c1nc(Cl)c2cccc(Cl)c2n1. The van der Waals surface area contributed by atoms with Gasteiger partial charge in [0.15, 0.2) is 5.82 Å². The molecule has 0 saturated heterocycles. The van der Waals surface area contributed by atoms with Crippen molar-refractivity contribution in [1.82, 2.24) is 9.97 Å². The summed E-state index contributed by atoms with van der Waals surface area (Å²) in [4.78, 5) is 8.87. The normalized spacial score (nSPS) is 11.0. The van der Waals surface area contributed by atoms with Crippen LogP contribution >= 0.6 is 34.8 Å². The number of hydrogen-bond donors (Lipinski definition) is 0. The van der Waals surface area contributed by atoms with E-state index in [-0.39, 0.29) is 0 Å². The van der Waals surface area contributed by atoms with Crippen LogP contribution in [0.25, 0.3) is 22.3 Å². The first-order valence-corrected chi connectivity index (χ1v) is 7.08. The van der Waals surface area contributed by atoms with Crippen LogP contribution < -0.4 is 0 Å². The number of nitrogens with zero attached hydrogens (tertiary/aromatic N) is 2. The van der Waals surface area contributed by atoms with Gasteiger partial charge in [0.25, 0.3) is 0 Å². The summed E-state index contributed by atoms with van der Waals surface area (Å²) in [5, 5.41) is 2.30. The van der Waals surface area contributed by atoms with E-state index in [0.717, 1.165) is 16.5 Å². The van der Waals surface area contributed by atoms with E-state index in [9.17, 15) is 0 Å². The number of hydrogen-bond acceptors (Lipinski definition) is 2. The highest BCUT2D eigenvalue weighted by Gasteiger charge is 2.12. The van der Waals surface area contributed by atoms with E-state index in [0.29, 0.717) is 26.5 Å². The molecule has 0 bridgehead atoms. The fraction of sp³-hybridized carbons (Fsp3) is 0.0667. The summed E-state index contributed by atoms with van der Waals surface area (Å²) in [7, 11) is 0. The summed E-state index contributed by atoms with van der Waals surface area (Å²) < 4.78 is 0. The highest BCUT2D eigenvalue weighted by Crippen LogP contribution is 2.31. The van der Waals surface area contributed by atoms with Crippen LogP contribution in [0, 0.1) is 6.92 Å². The number of aromatic nitrogens is 2. The second-order valence-electron chi connectivity index (χ2n) is 4.43. The van der Waals surface area contributed by atoms with E-state index in [1.807, 2.05) is 37.3 Å². The van der Waals surface area contributed by atoms with Crippen molar-refractivity contribution in [1.29, 1.82) is 0 Å². The van der Waals surface area contributed by atoms with Gasteiger partial charge < -0.3 is 0 Å². The molecule has 0 radical (unpaired) electrons. The first-order valence-electron chi connectivity index (χ1n) is 5.94. The lowest BCUT2D eigenvalue weighted by atomic mass is 10.1. The van der Waals surface area contributed by atoms with Gasteiger partial charge in [0.05, 0.1) is 10.5 Å². The first kappa shape index (κ1) is 13.6. The van der Waals surface area contributed by atoms with Crippen LogP contribution in [0.1, 0.15) is 5.56 Å². The van der Waals surface area contributed by atoms with Gasteiger partial charge in [0.1, 0.15) is 5.15 Å². The largest absolute Gasteiger partial charge is 0.226 e. The van der Waals surface area contributed by atoms with Crippen molar-refractivity contribution < 1.29 is 0 Å². The highest BCUT2D eigenvalue weighted by atomic mass is 35.5. The Hall–Kier alpha value is -1.35. The second-order valence-corrected chi connectivity index (χ2v) is 5.63. The third kappa shape index (κ3) is 2.35. The van der Waals surface area contributed by atoms with Crippen molar-refractivity contribution in [3.63, 3.8) is 0 Å². The number of halogens is 3. The van der Waals surface area contributed by atoms with E-state index in [1.165, 1.54) is 0 Å². The zero-order valence-corrected chi connectivity index (χ0v) is 12.8. The Kier molecular flexibility index (Phi) is 3.55. The van der Waals surface area contributed by atoms with Crippen molar-refractivity contribution in [3.05, 3.63) is 57.2 Å². The summed E-state index contributed by atoms with van der Waals surface area (Å²) in [5.41, 5.74) is 2.52. The van der Waals surface area contributed by atoms with Gasteiger partial charge in [-0.05, 0) is 36.8 Å². The number of aryl methyl sites for hydroxylation is 1. The van der Waals surface area contributed by atoms with E-state index < -0.39 is 0 Å². The van der Waals surface area contributed by atoms with Gasteiger partial charge in [-0.25, -0.2) is 9.97 Å². The molecule has 0 amide bonds. The monoisotopic (exact) mass is 322 g/mol. The molecule has 0 aliphatic heterocycles. The molecule has 0 aliphatic rings. The van der Waals surface area contributed by atoms with Gasteiger partial charge in [0, 0.05) is 16.0 Å². The lowest BCUT2D eigenvalue weighted by Crippen LogP contribution is -1.94. The van der Waals surface area contributed by atoms with Crippen LogP contribution in [0.2, 0.25) is 15.2 Å². The summed E-state index contributed by atoms with van der Waals surface area (Å²) in [5.74, 6) is 0.524. The third-order valence-corrected chi connectivity index (χ3v) is 3.90. The third-order valence-electron chi connectivity index (χ3n) is 3.07. The Morgan fingerprint density at radius 2 is 1.75 bits per heavy atom. The maximum Gasteiger partial charge on any atom is 0.161 e. The molecule has 0 atom stereocenters. The van der Waals surface area contributed by atoms with E-state index in [4.69, 9.17) is 34.8 Å². The molecule has 1 aromatic heterocycles. The molecule has 100 valence electrons. The van der Waals surface area contributed by atoms with Gasteiger partial charge in [-0.3, -0.25) is 0 Å². The van der Waals surface area contributed by atoms with Crippen LogP contribution in [0.4, 0.5) is 0 Å². The molecule has 0 spiro atoms. The summed E-state index contributed by atoms with van der Waals surface area (Å²) in [6.45, 7) is 1.97. The van der Waals surface area contributed by atoms with Crippen LogP contribution in [0.5, 0.6) is 0 Å². The quantitative estimate of drug-likeness (QED) is 0.547. The van der Waals surface area contributed by atoms with Crippen molar-refractivity contribution >= 4 is 45.7 Å². The van der Waals surface area contributed by atoms with Gasteiger partial charge >= 0.3 is 0 Å². The average Bonchev–Trinajstić information content (AvgIpc) is 2.42. The highest BCUT2D eigenvalue weighted by molar-refractivity contribution is 6.38. The van der Waals surface area contributed by atoms with Crippen molar-refractivity contribution in [2.24, 2.45) is 0 Å². The molecule has 2 aromatic carbocycles. The summed E-state index contributed by atoms with van der Waals surface area (Å²) >= 11 is 18.5. The molecule has 5 heteroatoms. The second kappa shape index (κ2) is 5.21. The minimum atomic E-state index is 0.381. The molecule has 0 unspecified atom stereocenters. The van der Waals surface area contributed by atoms with Crippen molar-refractivity contribution in [2.45, 2.75) is 6.92 Å². The molecule has 0 saturated carbocycles.